The number of nitrogens with one attached hydrogen (secondary N) is 1. The van der Waals surface area contributed by atoms with E-state index in [1.165, 1.54) is 0 Å². The van der Waals surface area contributed by atoms with Gasteiger partial charge in [0.25, 0.3) is 0 Å². The van der Waals surface area contributed by atoms with Gasteiger partial charge in [-0.15, -0.1) is 0 Å². The van der Waals surface area contributed by atoms with Crippen molar-refractivity contribution >= 4 is 16.8 Å². The summed E-state index contributed by atoms with van der Waals surface area (Å²) in [4.78, 5) is 14.7. The average Bonchev–Trinajstić information content (AvgIpc) is 3.53. The number of carbonyl (C=O) groups is 1. The van der Waals surface area contributed by atoms with E-state index in [-0.39, 0.29) is 5.91 Å². The fourth-order valence-electron chi connectivity index (χ4n) is 4.64. The first-order chi connectivity index (χ1) is 16.2. The lowest BCUT2D eigenvalue weighted by atomic mass is 9.96. The standard InChI is InChI=1S/C26H26N6O/c27-14-21-3-1-2-19(12-21)4-7-26(33)31-10-8-20(9-11-31)18-32-25-6-5-22(13-23(25)17-30-32)24-15-28-29-16-24/h1-3,5-6,12-13,15-17,20H,4,7-11,18H2,(H,28,29). The Morgan fingerprint density at radius 2 is 2.00 bits per heavy atom. The first-order valence-electron chi connectivity index (χ1n) is 11.4. The molecular weight excluding hydrogens is 412 g/mol. The van der Waals surface area contributed by atoms with E-state index in [1.807, 2.05) is 41.7 Å². The minimum atomic E-state index is 0.201. The van der Waals surface area contributed by atoms with E-state index in [2.05, 4.69) is 44.2 Å². The van der Waals surface area contributed by atoms with Crippen molar-refractivity contribution in [3.05, 3.63) is 72.2 Å². The second kappa shape index (κ2) is 9.29. The molecule has 1 saturated heterocycles. The zero-order valence-electron chi connectivity index (χ0n) is 18.4. The summed E-state index contributed by atoms with van der Waals surface area (Å²) in [6, 6.07) is 16.1. The maximum atomic E-state index is 12.7. The lowest BCUT2D eigenvalue weighted by Crippen LogP contribution is -2.39. The van der Waals surface area contributed by atoms with E-state index < -0.39 is 0 Å². The van der Waals surface area contributed by atoms with Crippen molar-refractivity contribution in [2.24, 2.45) is 5.92 Å². The third kappa shape index (κ3) is 4.65. The molecule has 1 amide bonds. The molecule has 1 aliphatic heterocycles. The Hall–Kier alpha value is -3.92. The van der Waals surface area contributed by atoms with E-state index in [1.54, 1.807) is 6.07 Å². The van der Waals surface area contributed by atoms with Gasteiger partial charge in [0.05, 0.1) is 29.5 Å². The van der Waals surface area contributed by atoms with Crippen molar-refractivity contribution < 1.29 is 4.79 Å². The number of hydrogen-bond acceptors (Lipinski definition) is 4. The van der Waals surface area contributed by atoms with Gasteiger partial charge in [0.1, 0.15) is 0 Å². The average molecular weight is 439 g/mol. The highest BCUT2D eigenvalue weighted by molar-refractivity contribution is 5.84. The quantitative estimate of drug-likeness (QED) is 0.489. The summed E-state index contributed by atoms with van der Waals surface area (Å²) in [5.41, 5.74) is 5.02. The summed E-state index contributed by atoms with van der Waals surface area (Å²) in [5, 5.41) is 21.7. The van der Waals surface area contributed by atoms with E-state index in [0.29, 0.717) is 24.3 Å². The molecule has 0 radical (unpaired) electrons. The molecule has 0 bridgehead atoms. The van der Waals surface area contributed by atoms with Crippen LogP contribution in [0.4, 0.5) is 0 Å². The number of hydrogen-bond donors (Lipinski definition) is 1. The van der Waals surface area contributed by atoms with Crippen LogP contribution in [0.15, 0.2) is 61.1 Å². The van der Waals surface area contributed by atoms with Crippen molar-refractivity contribution in [2.45, 2.75) is 32.2 Å². The van der Waals surface area contributed by atoms with Crippen LogP contribution in [-0.2, 0) is 17.8 Å². The molecule has 1 N–H and O–H groups in total. The molecule has 7 heteroatoms. The number of amides is 1. The number of rotatable bonds is 6. The van der Waals surface area contributed by atoms with Gasteiger partial charge in [-0.25, -0.2) is 0 Å². The summed E-state index contributed by atoms with van der Waals surface area (Å²) < 4.78 is 2.10. The molecule has 1 fully saturated rings. The van der Waals surface area contributed by atoms with Crippen molar-refractivity contribution in [1.29, 1.82) is 5.26 Å². The van der Waals surface area contributed by atoms with Crippen molar-refractivity contribution in [3.8, 4) is 17.2 Å². The molecule has 4 aromatic rings. The summed E-state index contributed by atoms with van der Waals surface area (Å²) in [7, 11) is 0. The van der Waals surface area contributed by atoms with Crippen LogP contribution in [0.1, 0.15) is 30.4 Å². The SMILES string of the molecule is N#Cc1cccc(CCC(=O)N2CCC(Cn3ncc4cc(-c5cn[nH]c5)ccc43)CC2)c1. The molecule has 5 rings (SSSR count). The number of aryl methyl sites for hydroxylation is 1. The fraction of sp³-hybridized carbons (Fsp3) is 0.308. The maximum absolute atomic E-state index is 12.7. The van der Waals surface area contributed by atoms with Gasteiger partial charge >= 0.3 is 0 Å². The smallest absolute Gasteiger partial charge is 0.222 e. The molecule has 2 aromatic carbocycles. The minimum absolute atomic E-state index is 0.201. The van der Waals surface area contributed by atoms with Crippen LogP contribution in [0.25, 0.3) is 22.0 Å². The normalized spacial score (nSPS) is 14.5. The van der Waals surface area contributed by atoms with Crippen molar-refractivity contribution in [1.82, 2.24) is 24.9 Å². The van der Waals surface area contributed by atoms with E-state index in [9.17, 15) is 4.79 Å². The number of likely N-dealkylation sites (tertiary alicyclic amines) is 1. The van der Waals surface area contributed by atoms with Gasteiger partial charge in [0.2, 0.25) is 5.91 Å². The Morgan fingerprint density at radius 3 is 2.79 bits per heavy atom. The Labute approximate surface area is 192 Å². The first-order valence-corrected chi connectivity index (χ1v) is 11.4. The predicted molar refractivity (Wildman–Crippen MR) is 126 cm³/mol. The third-order valence-corrected chi connectivity index (χ3v) is 6.56. The van der Waals surface area contributed by atoms with Gasteiger partial charge in [0.15, 0.2) is 0 Å². The van der Waals surface area contributed by atoms with E-state index in [0.717, 1.165) is 60.1 Å². The predicted octanol–water partition coefficient (Wildman–Crippen LogP) is 4.17. The topological polar surface area (TPSA) is 90.6 Å². The van der Waals surface area contributed by atoms with E-state index in [4.69, 9.17) is 5.26 Å². The molecule has 3 heterocycles. The monoisotopic (exact) mass is 438 g/mol. The van der Waals surface area contributed by atoms with Crippen LogP contribution in [-0.4, -0.2) is 43.9 Å². The van der Waals surface area contributed by atoms with Gasteiger partial charge < -0.3 is 4.90 Å². The fourth-order valence-corrected chi connectivity index (χ4v) is 4.64. The van der Waals surface area contributed by atoms with Crippen LogP contribution in [0.3, 0.4) is 0 Å². The molecule has 0 atom stereocenters. The summed E-state index contributed by atoms with van der Waals surface area (Å²) in [6.45, 7) is 2.47. The highest BCUT2D eigenvalue weighted by Gasteiger charge is 2.23. The number of aromatic amines is 1. The number of carbonyl (C=O) groups excluding carboxylic acids is 1. The lowest BCUT2D eigenvalue weighted by Gasteiger charge is -2.32. The number of fused-ring (bicyclic) bond motifs is 1. The number of benzene rings is 2. The van der Waals surface area contributed by atoms with Crippen LogP contribution in [0.2, 0.25) is 0 Å². The molecule has 33 heavy (non-hydrogen) atoms. The Balaban J connectivity index is 1.15. The largest absolute Gasteiger partial charge is 0.343 e. The Morgan fingerprint density at radius 1 is 1.12 bits per heavy atom. The molecule has 0 spiro atoms. The highest BCUT2D eigenvalue weighted by Crippen LogP contribution is 2.26. The van der Waals surface area contributed by atoms with Gasteiger partial charge in [-0.3, -0.25) is 14.6 Å². The number of aromatic nitrogens is 4. The molecule has 7 nitrogen and oxygen atoms in total. The zero-order chi connectivity index (χ0) is 22.6. The van der Waals surface area contributed by atoms with Gasteiger partial charge in [-0.05, 0) is 60.6 Å². The molecule has 0 aliphatic carbocycles. The second-order valence-electron chi connectivity index (χ2n) is 8.72. The van der Waals surface area contributed by atoms with Gasteiger partial charge in [0, 0.05) is 43.2 Å². The molecular formula is C26H26N6O. The summed E-state index contributed by atoms with van der Waals surface area (Å²) in [5.74, 6) is 0.713. The van der Waals surface area contributed by atoms with Crippen molar-refractivity contribution in [2.75, 3.05) is 13.1 Å². The maximum Gasteiger partial charge on any atom is 0.222 e. The van der Waals surface area contributed by atoms with Crippen LogP contribution < -0.4 is 0 Å². The number of piperidine rings is 1. The molecule has 1 aliphatic rings. The summed E-state index contributed by atoms with van der Waals surface area (Å²) in [6.07, 6.45) is 8.79. The number of nitrogens with zero attached hydrogens (tertiary/aromatic N) is 5. The van der Waals surface area contributed by atoms with Crippen molar-refractivity contribution in [3.63, 3.8) is 0 Å². The molecule has 2 aromatic heterocycles. The van der Waals surface area contributed by atoms with Crippen LogP contribution >= 0.6 is 0 Å². The van der Waals surface area contributed by atoms with Gasteiger partial charge in [-0.1, -0.05) is 18.2 Å². The molecule has 0 saturated carbocycles. The van der Waals surface area contributed by atoms with Gasteiger partial charge in [-0.2, -0.15) is 15.5 Å². The Kier molecular flexibility index (Phi) is 5.90. The third-order valence-electron chi connectivity index (χ3n) is 6.56. The number of nitriles is 1. The van der Waals surface area contributed by atoms with Crippen LogP contribution in [0, 0.1) is 17.2 Å². The lowest BCUT2D eigenvalue weighted by molar-refractivity contribution is -0.132. The molecule has 166 valence electrons. The number of H-pyrrole nitrogens is 1. The zero-order valence-corrected chi connectivity index (χ0v) is 18.4. The van der Waals surface area contributed by atoms with Crippen LogP contribution in [0.5, 0.6) is 0 Å². The highest BCUT2D eigenvalue weighted by atomic mass is 16.2. The minimum Gasteiger partial charge on any atom is -0.343 e. The summed E-state index contributed by atoms with van der Waals surface area (Å²) >= 11 is 0. The van der Waals surface area contributed by atoms with E-state index >= 15 is 0 Å². The Bertz CT molecular complexity index is 1290. The first kappa shape index (κ1) is 21.0. The second-order valence-corrected chi connectivity index (χ2v) is 8.72. The molecule has 0 unspecified atom stereocenters.